The van der Waals surface area contributed by atoms with Gasteiger partial charge in [0.2, 0.25) is 0 Å². The number of aromatic nitrogens is 2. The lowest BCUT2D eigenvalue weighted by molar-refractivity contribution is -0.105. The van der Waals surface area contributed by atoms with E-state index in [1.807, 2.05) is 0 Å². The van der Waals surface area contributed by atoms with Crippen LogP contribution in [0.4, 0.5) is 13.2 Å². The molecule has 0 radical (unpaired) electrons. The van der Waals surface area contributed by atoms with Crippen molar-refractivity contribution in [3.8, 4) is 11.4 Å². The molecule has 2 rings (SSSR count). The molecule has 0 spiro atoms. The van der Waals surface area contributed by atoms with Crippen LogP contribution in [0.5, 0.6) is 0 Å². The molecule has 2 aromatic rings. The molecule has 0 saturated carbocycles. The first-order chi connectivity index (χ1) is 10.7. The monoisotopic (exact) mass is 362 g/mol. The van der Waals surface area contributed by atoms with Crippen molar-refractivity contribution in [1.82, 2.24) is 9.97 Å². The van der Waals surface area contributed by atoms with E-state index in [4.69, 9.17) is 0 Å². The minimum absolute atomic E-state index is 0.0608. The number of alkyl halides is 3. The molecule has 0 fully saturated rings. The Morgan fingerprint density at radius 1 is 1.17 bits per heavy atom. The van der Waals surface area contributed by atoms with Crippen LogP contribution in [0, 0.1) is 0 Å². The van der Waals surface area contributed by atoms with Crippen molar-refractivity contribution >= 4 is 21.6 Å². The van der Waals surface area contributed by atoms with Crippen molar-refractivity contribution in [1.29, 1.82) is 0 Å². The lowest BCUT2D eigenvalue weighted by Gasteiger charge is -2.09. The molecule has 4 nitrogen and oxygen atoms in total. The van der Waals surface area contributed by atoms with Crippen molar-refractivity contribution in [3.63, 3.8) is 0 Å². The molecule has 0 amide bonds. The van der Waals surface area contributed by atoms with E-state index in [9.17, 15) is 21.6 Å². The molecule has 2 heterocycles. The highest BCUT2D eigenvalue weighted by Crippen LogP contribution is 2.29. The molecule has 0 saturated heterocycles. The van der Waals surface area contributed by atoms with Crippen molar-refractivity contribution in [2.45, 2.75) is 22.9 Å². The number of nitrogens with zero attached hydrogens (tertiary/aromatic N) is 2. The Morgan fingerprint density at radius 2 is 1.91 bits per heavy atom. The molecule has 0 aliphatic rings. The topological polar surface area (TPSA) is 59.9 Å². The molecular formula is C14H13F3N2O2S2. The van der Waals surface area contributed by atoms with E-state index < -0.39 is 21.8 Å². The smallest absolute Gasteiger partial charge is 0.253 e. The van der Waals surface area contributed by atoms with E-state index in [0.717, 1.165) is 0 Å². The highest BCUT2D eigenvalue weighted by molar-refractivity contribution is 7.99. The van der Waals surface area contributed by atoms with Gasteiger partial charge in [-0.1, -0.05) is 6.92 Å². The van der Waals surface area contributed by atoms with Gasteiger partial charge in [-0.05, 0) is 24.3 Å². The summed E-state index contributed by atoms with van der Waals surface area (Å²) in [7, 11) is -3.47. The first kappa shape index (κ1) is 17.7. The summed E-state index contributed by atoms with van der Waals surface area (Å²) < 4.78 is 60.7. The van der Waals surface area contributed by atoms with Gasteiger partial charge in [0.1, 0.15) is 5.69 Å². The Bertz CT molecular complexity index is 775. The lowest BCUT2D eigenvalue weighted by Crippen LogP contribution is -2.10. The fourth-order valence-corrected chi connectivity index (χ4v) is 3.43. The van der Waals surface area contributed by atoms with Crippen LogP contribution < -0.4 is 0 Å². The molecule has 0 aliphatic carbocycles. The van der Waals surface area contributed by atoms with Crippen LogP contribution in [-0.4, -0.2) is 36.1 Å². The van der Waals surface area contributed by atoms with Crippen LogP contribution >= 0.6 is 11.8 Å². The predicted molar refractivity (Wildman–Crippen MR) is 82.0 cm³/mol. The van der Waals surface area contributed by atoms with Crippen molar-refractivity contribution in [3.05, 3.63) is 36.7 Å². The second kappa shape index (κ2) is 6.88. The molecule has 0 aliphatic heterocycles. The van der Waals surface area contributed by atoms with E-state index in [0.29, 0.717) is 22.4 Å². The van der Waals surface area contributed by atoms with Crippen molar-refractivity contribution in [2.24, 2.45) is 0 Å². The zero-order valence-corrected chi connectivity index (χ0v) is 13.7. The van der Waals surface area contributed by atoms with Crippen LogP contribution in [0.15, 0.2) is 46.5 Å². The summed E-state index contributed by atoms with van der Waals surface area (Å²) in [6.07, 6.45) is -1.53. The zero-order chi connectivity index (χ0) is 17.1. The van der Waals surface area contributed by atoms with E-state index in [2.05, 4.69) is 9.97 Å². The molecule has 0 aromatic carbocycles. The summed E-state index contributed by atoms with van der Waals surface area (Å²) in [6, 6.07) is 5.89. The van der Waals surface area contributed by atoms with E-state index in [-0.39, 0.29) is 16.3 Å². The Balaban J connectivity index is 2.31. The molecular weight excluding hydrogens is 349 g/mol. The van der Waals surface area contributed by atoms with Gasteiger partial charge in [0, 0.05) is 17.3 Å². The summed E-state index contributed by atoms with van der Waals surface area (Å²) in [5.74, 6) is -1.09. The fraction of sp³-hybridized carbons (Fsp3) is 0.286. The number of halogens is 3. The molecule has 0 atom stereocenters. The van der Waals surface area contributed by atoms with Gasteiger partial charge in [-0.2, -0.15) is 13.2 Å². The van der Waals surface area contributed by atoms with Crippen LogP contribution in [0.3, 0.4) is 0 Å². The first-order valence-corrected chi connectivity index (χ1v) is 9.20. The van der Waals surface area contributed by atoms with Crippen LogP contribution in [0.25, 0.3) is 11.4 Å². The maximum Gasteiger partial charge on any atom is 0.398 e. The van der Waals surface area contributed by atoms with Gasteiger partial charge in [0.25, 0.3) is 0 Å². The van der Waals surface area contributed by atoms with Gasteiger partial charge in [-0.15, -0.1) is 11.8 Å². The SMILES string of the molecule is CCS(=O)(=O)c1cccnc1-c1ccc(SCC(F)(F)F)cn1. The molecule has 23 heavy (non-hydrogen) atoms. The van der Waals surface area contributed by atoms with Crippen LogP contribution in [0.1, 0.15) is 6.92 Å². The van der Waals surface area contributed by atoms with Gasteiger partial charge in [0.05, 0.1) is 22.1 Å². The van der Waals surface area contributed by atoms with Crippen molar-refractivity contribution in [2.75, 3.05) is 11.5 Å². The largest absolute Gasteiger partial charge is 0.398 e. The van der Waals surface area contributed by atoms with Gasteiger partial charge >= 0.3 is 6.18 Å². The second-order valence-electron chi connectivity index (χ2n) is 4.54. The number of sulfone groups is 1. The number of pyridine rings is 2. The zero-order valence-electron chi connectivity index (χ0n) is 12.0. The third kappa shape index (κ3) is 4.68. The fourth-order valence-electron chi connectivity index (χ4n) is 1.76. The Kier molecular flexibility index (Phi) is 5.30. The minimum Gasteiger partial charge on any atom is -0.253 e. The third-order valence-corrected chi connectivity index (χ3v) is 5.67. The lowest BCUT2D eigenvalue weighted by atomic mass is 10.2. The number of rotatable bonds is 5. The Hall–Kier alpha value is -1.61. The molecule has 2 aromatic heterocycles. The summed E-state index contributed by atoms with van der Waals surface area (Å²) in [5, 5.41) is 0. The number of hydrogen-bond acceptors (Lipinski definition) is 5. The summed E-state index contributed by atoms with van der Waals surface area (Å²) in [6.45, 7) is 1.52. The summed E-state index contributed by atoms with van der Waals surface area (Å²) >= 11 is 0.619. The predicted octanol–water partition coefficient (Wildman–Crippen LogP) is 3.59. The van der Waals surface area contributed by atoms with Gasteiger partial charge in [0.15, 0.2) is 9.84 Å². The van der Waals surface area contributed by atoms with Crippen molar-refractivity contribution < 1.29 is 21.6 Å². The Morgan fingerprint density at radius 3 is 2.48 bits per heavy atom. The molecule has 0 unspecified atom stereocenters. The molecule has 0 bridgehead atoms. The van der Waals surface area contributed by atoms with Crippen LogP contribution in [0.2, 0.25) is 0 Å². The number of thioether (sulfide) groups is 1. The highest BCUT2D eigenvalue weighted by atomic mass is 32.2. The quantitative estimate of drug-likeness (QED) is 0.761. The van der Waals surface area contributed by atoms with Gasteiger partial charge < -0.3 is 0 Å². The first-order valence-electron chi connectivity index (χ1n) is 6.56. The third-order valence-electron chi connectivity index (χ3n) is 2.87. The molecule has 124 valence electrons. The average Bonchev–Trinajstić information content (AvgIpc) is 2.53. The van der Waals surface area contributed by atoms with E-state index in [1.165, 1.54) is 43.6 Å². The summed E-state index contributed by atoms with van der Waals surface area (Å²) in [5.41, 5.74) is 0.496. The van der Waals surface area contributed by atoms with Gasteiger partial charge in [-0.3, -0.25) is 9.97 Å². The van der Waals surface area contributed by atoms with Crippen LogP contribution in [-0.2, 0) is 9.84 Å². The maximum atomic E-state index is 12.2. The normalized spacial score (nSPS) is 12.3. The van der Waals surface area contributed by atoms with Gasteiger partial charge in [-0.25, -0.2) is 8.42 Å². The van der Waals surface area contributed by atoms with E-state index in [1.54, 1.807) is 0 Å². The maximum absolute atomic E-state index is 12.2. The second-order valence-corrected chi connectivity index (χ2v) is 7.83. The summed E-state index contributed by atoms with van der Waals surface area (Å²) in [4.78, 5) is 8.50. The minimum atomic E-state index is -4.26. The molecule has 0 N–H and O–H groups in total. The Labute approximate surface area is 136 Å². The highest BCUT2D eigenvalue weighted by Gasteiger charge is 2.27. The molecule has 9 heteroatoms. The van der Waals surface area contributed by atoms with E-state index >= 15 is 0 Å². The average molecular weight is 362 g/mol. The standard InChI is InChI=1S/C14H13F3N2O2S2/c1-2-23(20,21)12-4-3-7-18-13(12)11-6-5-10(8-19-11)22-9-14(15,16)17/h3-8H,2,9H2,1H3. The number of hydrogen-bond donors (Lipinski definition) is 0.